The van der Waals surface area contributed by atoms with Gasteiger partial charge in [0.2, 0.25) is 5.95 Å². The molecule has 1 fully saturated rings. The molecule has 0 bridgehead atoms. The van der Waals surface area contributed by atoms with Crippen LogP contribution in [0.5, 0.6) is 0 Å². The lowest BCUT2D eigenvalue weighted by molar-refractivity contribution is 0.534. The van der Waals surface area contributed by atoms with Crippen LogP contribution in [0.1, 0.15) is 39.7 Å². The highest BCUT2D eigenvalue weighted by atomic mass is 127. The van der Waals surface area contributed by atoms with E-state index < -0.39 is 0 Å². The van der Waals surface area contributed by atoms with Gasteiger partial charge in [-0.3, -0.25) is 9.02 Å². The van der Waals surface area contributed by atoms with E-state index in [1.807, 2.05) is 27.6 Å². The van der Waals surface area contributed by atoms with Gasteiger partial charge in [0.05, 0.1) is 6.37 Å². The maximum atomic E-state index is 4.69. The van der Waals surface area contributed by atoms with Gasteiger partial charge in [-0.15, -0.1) is 0 Å². The minimum atomic E-state index is 0.312. The number of rotatable bonds is 7. The maximum Gasteiger partial charge on any atom is 0.232 e. The van der Waals surface area contributed by atoms with Crippen LogP contribution in [-0.4, -0.2) is 35.1 Å². The lowest BCUT2D eigenvalue weighted by Crippen LogP contribution is -2.19. The molecule has 3 heterocycles. The Morgan fingerprint density at radius 2 is 2.08 bits per heavy atom. The van der Waals surface area contributed by atoms with Gasteiger partial charge in [-0.05, 0) is 61.6 Å². The third-order valence-electron chi connectivity index (χ3n) is 4.56. The smallest absolute Gasteiger partial charge is 0.232 e. The molecular weight excluding hydrogens is 462 g/mol. The third kappa shape index (κ3) is 3.64. The van der Waals surface area contributed by atoms with Gasteiger partial charge in [-0.1, -0.05) is 0 Å². The Balaban J connectivity index is 1.68. The standard InChI is InChI=1S/C16H22IN8P/c1-9(2)24-7-6-12(23-24)20-16-21-14(19-10(3)11-4-5-11)13-15(22-16)25(26-17)8-18-13/h6-11,26H,4-5H2,1-3H3,(H2,19,20,21,22,23)/t10-/m0/s1. The van der Waals surface area contributed by atoms with Crippen molar-refractivity contribution in [1.29, 1.82) is 0 Å². The highest BCUT2D eigenvalue weighted by Gasteiger charge is 2.29. The number of fused-ring (bicyclic) bond motifs is 1. The molecule has 0 amide bonds. The Bertz CT molecular complexity index is 916. The predicted molar refractivity (Wildman–Crippen MR) is 115 cm³/mol. The normalized spacial score (nSPS) is 16.0. The largest absolute Gasteiger partial charge is 0.365 e. The van der Waals surface area contributed by atoms with E-state index in [0.29, 0.717) is 24.4 Å². The maximum absolute atomic E-state index is 4.69. The number of hydrogen-bond acceptors (Lipinski definition) is 6. The van der Waals surface area contributed by atoms with Crippen molar-refractivity contribution >= 4 is 57.2 Å². The third-order valence-corrected chi connectivity index (χ3v) is 6.63. The molecular formula is C16H22IN8P. The first kappa shape index (κ1) is 17.9. The van der Waals surface area contributed by atoms with Crippen LogP contribution in [0.15, 0.2) is 18.6 Å². The van der Waals surface area contributed by atoms with E-state index in [-0.39, 0.29) is 0 Å². The number of hydrogen-bond donors (Lipinski definition) is 2. The number of aromatic nitrogens is 6. The van der Waals surface area contributed by atoms with Crippen molar-refractivity contribution in [2.45, 2.75) is 45.7 Å². The van der Waals surface area contributed by atoms with Gasteiger partial charge in [-0.25, -0.2) is 4.98 Å². The van der Waals surface area contributed by atoms with E-state index >= 15 is 0 Å². The van der Waals surface area contributed by atoms with Crippen molar-refractivity contribution in [3.63, 3.8) is 0 Å². The molecule has 8 nitrogen and oxygen atoms in total. The summed E-state index contributed by atoms with van der Waals surface area (Å²) < 4.78 is 3.95. The van der Waals surface area contributed by atoms with E-state index in [1.54, 1.807) is 0 Å². The second kappa shape index (κ2) is 7.26. The van der Waals surface area contributed by atoms with Crippen molar-refractivity contribution in [3.8, 4) is 0 Å². The van der Waals surface area contributed by atoms with Crippen LogP contribution in [0, 0.1) is 5.92 Å². The molecule has 26 heavy (non-hydrogen) atoms. The molecule has 3 aromatic heterocycles. The summed E-state index contributed by atoms with van der Waals surface area (Å²) in [5.41, 5.74) is 1.66. The van der Waals surface area contributed by atoms with Crippen molar-refractivity contribution in [2.75, 3.05) is 10.6 Å². The summed E-state index contributed by atoms with van der Waals surface area (Å²) in [4.78, 5) is 13.9. The molecule has 0 aliphatic heterocycles. The minimum Gasteiger partial charge on any atom is -0.365 e. The summed E-state index contributed by atoms with van der Waals surface area (Å²) >= 11 is 2.34. The molecule has 0 saturated heterocycles. The second-order valence-corrected chi connectivity index (χ2v) is 9.04. The summed E-state index contributed by atoms with van der Waals surface area (Å²) in [5.74, 6) is 2.79. The molecule has 1 aliphatic carbocycles. The zero-order valence-electron chi connectivity index (χ0n) is 14.9. The average Bonchev–Trinajstić information content (AvgIpc) is 3.22. The van der Waals surface area contributed by atoms with Crippen LogP contribution >= 0.6 is 28.4 Å². The van der Waals surface area contributed by atoms with Crippen LogP contribution in [0.25, 0.3) is 11.2 Å². The van der Waals surface area contributed by atoms with Crippen molar-refractivity contribution < 1.29 is 0 Å². The molecule has 0 radical (unpaired) electrons. The number of imidazole rings is 1. The van der Waals surface area contributed by atoms with E-state index in [9.17, 15) is 0 Å². The van der Waals surface area contributed by atoms with Crippen LogP contribution < -0.4 is 10.6 Å². The first-order valence-electron chi connectivity index (χ1n) is 8.75. The molecule has 0 spiro atoms. The van der Waals surface area contributed by atoms with Gasteiger partial charge < -0.3 is 10.6 Å². The fourth-order valence-corrected chi connectivity index (χ4v) is 4.25. The van der Waals surface area contributed by atoms with Gasteiger partial charge in [0.15, 0.2) is 22.8 Å². The molecule has 1 unspecified atom stereocenters. The van der Waals surface area contributed by atoms with Crippen molar-refractivity contribution in [1.82, 2.24) is 29.1 Å². The van der Waals surface area contributed by atoms with Gasteiger partial charge in [-0.2, -0.15) is 15.1 Å². The van der Waals surface area contributed by atoms with Gasteiger partial charge in [0.1, 0.15) is 6.33 Å². The zero-order valence-corrected chi connectivity index (χ0v) is 18.1. The lowest BCUT2D eigenvalue weighted by Gasteiger charge is -2.14. The van der Waals surface area contributed by atoms with Crippen LogP contribution in [-0.2, 0) is 0 Å². The molecule has 2 N–H and O–H groups in total. The number of nitrogens with zero attached hydrogens (tertiary/aromatic N) is 6. The van der Waals surface area contributed by atoms with E-state index in [1.165, 1.54) is 12.8 Å². The van der Waals surface area contributed by atoms with E-state index in [2.05, 4.69) is 68.5 Å². The first-order valence-corrected chi connectivity index (χ1v) is 12.8. The summed E-state index contributed by atoms with van der Waals surface area (Å²) in [6.07, 6.45) is 6.88. The Labute approximate surface area is 166 Å². The minimum absolute atomic E-state index is 0.312. The van der Waals surface area contributed by atoms with Crippen molar-refractivity contribution in [2.24, 2.45) is 5.92 Å². The summed E-state index contributed by atoms with van der Waals surface area (Å²) in [7, 11) is 0. The predicted octanol–water partition coefficient (Wildman–Crippen LogP) is 4.35. The average molecular weight is 484 g/mol. The quantitative estimate of drug-likeness (QED) is 0.383. The number of nitrogens with one attached hydrogen (secondary N) is 2. The fourth-order valence-electron chi connectivity index (χ4n) is 2.85. The topological polar surface area (TPSA) is 85.5 Å². The molecule has 1 aliphatic rings. The SMILES string of the molecule is CC(C)n1ccc(Nc2nc(N[C@@H](C)C3CC3)c3ncn(PI)c3n2)n1. The summed E-state index contributed by atoms with van der Waals surface area (Å²) in [5, 5.41) is 11.3. The molecule has 3 aromatic rings. The Kier molecular flexibility index (Phi) is 5.00. The monoisotopic (exact) mass is 484 g/mol. The zero-order chi connectivity index (χ0) is 18.3. The highest BCUT2D eigenvalue weighted by Crippen LogP contribution is 2.36. The first-order chi connectivity index (χ1) is 12.5. The van der Waals surface area contributed by atoms with Crippen molar-refractivity contribution in [3.05, 3.63) is 18.6 Å². The Morgan fingerprint density at radius 3 is 2.73 bits per heavy atom. The highest BCUT2D eigenvalue weighted by molar-refractivity contribution is 14.2. The van der Waals surface area contributed by atoms with Crippen LogP contribution in [0.2, 0.25) is 0 Å². The number of anilines is 3. The van der Waals surface area contributed by atoms with Crippen LogP contribution in [0.3, 0.4) is 0 Å². The molecule has 4 rings (SSSR count). The van der Waals surface area contributed by atoms with E-state index in [4.69, 9.17) is 4.98 Å². The second-order valence-electron chi connectivity index (χ2n) is 6.94. The Hall–Kier alpha value is -1.48. The lowest BCUT2D eigenvalue weighted by atomic mass is 10.2. The summed E-state index contributed by atoms with van der Waals surface area (Å²) in [6, 6.07) is 2.63. The molecule has 2 atom stereocenters. The molecule has 138 valence electrons. The molecule has 0 aromatic carbocycles. The summed E-state index contributed by atoms with van der Waals surface area (Å²) in [6.45, 7) is 6.40. The fraction of sp³-hybridized carbons (Fsp3) is 0.500. The molecule has 1 saturated carbocycles. The van der Waals surface area contributed by atoms with Gasteiger partial charge in [0.25, 0.3) is 0 Å². The van der Waals surface area contributed by atoms with E-state index in [0.717, 1.165) is 28.7 Å². The molecule has 10 heteroatoms. The Morgan fingerprint density at radius 1 is 1.27 bits per heavy atom. The van der Waals surface area contributed by atoms with Crippen LogP contribution in [0.4, 0.5) is 17.6 Å². The number of halogens is 1. The van der Waals surface area contributed by atoms with Gasteiger partial charge in [0, 0.05) is 24.3 Å². The van der Waals surface area contributed by atoms with Gasteiger partial charge >= 0.3 is 0 Å².